The fourth-order valence-corrected chi connectivity index (χ4v) is 4.16. The molecule has 13 nitrogen and oxygen atoms in total. The molecule has 0 saturated carbocycles. The number of carbonyl (C=O) groups is 2. The molecule has 6 N–H and O–H groups in total. The van der Waals surface area contributed by atoms with Crippen molar-refractivity contribution in [2.75, 3.05) is 39.1 Å². The van der Waals surface area contributed by atoms with E-state index >= 15 is 0 Å². The Bertz CT molecular complexity index is 1490. The lowest BCUT2D eigenvalue weighted by molar-refractivity contribution is -0.115. The number of hydrogen-bond acceptors (Lipinski definition) is 10. The molecular formula is C28H34N4O9. The van der Waals surface area contributed by atoms with Crippen molar-refractivity contribution in [3.05, 3.63) is 35.7 Å². The van der Waals surface area contributed by atoms with Gasteiger partial charge in [-0.25, -0.2) is 9.97 Å². The maximum atomic E-state index is 11.3. The van der Waals surface area contributed by atoms with E-state index in [0.29, 0.717) is 45.2 Å². The van der Waals surface area contributed by atoms with Gasteiger partial charge in [-0.1, -0.05) is 0 Å². The average molecular weight is 571 g/mol. The zero-order valence-electron chi connectivity index (χ0n) is 24.0. The second-order valence-corrected chi connectivity index (χ2v) is 8.66. The predicted molar refractivity (Wildman–Crippen MR) is 155 cm³/mol. The molecule has 4 rings (SSSR count). The second kappa shape index (κ2) is 13.3. The highest BCUT2D eigenvalue weighted by Crippen LogP contribution is 2.40. The summed E-state index contributed by atoms with van der Waals surface area (Å²) in [5.41, 5.74) is 1.79. The SMILES string of the molecule is COc1cc2c(C)nc(O)c(NC(C)=O)c2cc1OC.COc1cc2c(C)nc(O)c(NC(C)=O)c2cc1OC.O. The molecule has 0 aliphatic heterocycles. The van der Waals surface area contributed by atoms with Crippen LogP contribution in [0.2, 0.25) is 0 Å². The molecule has 4 aromatic rings. The Hall–Kier alpha value is -5.04. The Morgan fingerprint density at radius 1 is 0.610 bits per heavy atom. The van der Waals surface area contributed by atoms with Gasteiger partial charge in [-0.15, -0.1) is 0 Å². The Labute approximate surface area is 236 Å². The lowest BCUT2D eigenvalue weighted by Gasteiger charge is -2.14. The fraction of sp³-hybridized carbons (Fsp3) is 0.286. The molecule has 0 fully saturated rings. The predicted octanol–water partition coefficient (Wildman–Crippen LogP) is 3.62. The lowest BCUT2D eigenvalue weighted by Crippen LogP contribution is -2.07. The van der Waals surface area contributed by atoms with Gasteiger partial charge in [0.25, 0.3) is 0 Å². The number of nitrogens with zero attached hydrogens (tertiary/aromatic N) is 2. The van der Waals surface area contributed by atoms with Crippen molar-refractivity contribution in [2.24, 2.45) is 0 Å². The molecular weight excluding hydrogens is 536 g/mol. The average Bonchev–Trinajstić information content (AvgIpc) is 2.91. The third-order valence-corrected chi connectivity index (χ3v) is 5.96. The van der Waals surface area contributed by atoms with Gasteiger partial charge in [0.1, 0.15) is 11.4 Å². The number of amides is 2. The number of aromatic nitrogens is 2. The maximum Gasteiger partial charge on any atom is 0.236 e. The topological polar surface area (TPSA) is 193 Å². The van der Waals surface area contributed by atoms with Crippen molar-refractivity contribution in [1.29, 1.82) is 0 Å². The first kappa shape index (κ1) is 32.2. The van der Waals surface area contributed by atoms with Crippen molar-refractivity contribution < 1.29 is 44.2 Å². The molecule has 2 aromatic carbocycles. The minimum absolute atomic E-state index is 0. The van der Waals surface area contributed by atoms with E-state index in [-0.39, 0.29) is 40.4 Å². The molecule has 13 heteroatoms. The first-order chi connectivity index (χ1) is 18.9. The number of ether oxygens (including phenoxy) is 4. The molecule has 0 unspecified atom stereocenters. The van der Waals surface area contributed by atoms with E-state index in [2.05, 4.69) is 20.6 Å². The van der Waals surface area contributed by atoms with Crippen LogP contribution >= 0.6 is 0 Å². The van der Waals surface area contributed by atoms with Crippen molar-refractivity contribution in [2.45, 2.75) is 27.7 Å². The summed E-state index contributed by atoms with van der Waals surface area (Å²) in [7, 11) is 6.13. The number of pyridine rings is 2. The summed E-state index contributed by atoms with van der Waals surface area (Å²) in [6, 6.07) is 6.93. The highest BCUT2D eigenvalue weighted by molar-refractivity contribution is 6.06. The summed E-state index contributed by atoms with van der Waals surface area (Å²) < 4.78 is 21.0. The number of nitrogens with one attached hydrogen (secondary N) is 2. The van der Waals surface area contributed by atoms with Gasteiger partial charge < -0.3 is 45.3 Å². The van der Waals surface area contributed by atoms with Gasteiger partial charge >= 0.3 is 0 Å². The molecule has 2 aromatic heterocycles. The van der Waals surface area contributed by atoms with Crippen molar-refractivity contribution in [3.8, 4) is 34.8 Å². The van der Waals surface area contributed by atoms with Crippen LogP contribution in [0.4, 0.5) is 11.4 Å². The van der Waals surface area contributed by atoms with Crippen molar-refractivity contribution in [1.82, 2.24) is 9.97 Å². The van der Waals surface area contributed by atoms with Crippen molar-refractivity contribution >= 4 is 44.7 Å². The van der Waals surface area contributed by atoms with Crippen LogP contribution in [-0.4, -0.2) is 65.9 Å². The van der Waals surface area contributed by atoms with E-state index in [1.54, 1.807) is 52.3 Å². The van der Waals surface area contributed by atoms with Gasteiger partial charge in [0.05, 0.1) is 28.4 Å². The first-order valence-corrected chi connectivity index (χ1v) is 12.0. The van der Waals surface area contributed by atoms with Gasteiger partial charge in [-0.2, -0.15) is 0 Å². The Morgan fingerprint density at radius 3 is 1.12 bits per heavy atom. The number of carbonyl (C=O) groups excluding carboxylic acids is 2. The van der Waals surface area contributed by atoms with E-state index in [4.69, 9.17) is 18.9 Å². The van der Waals surface area contributed by atoms with Gasteiger partial charge in [0.2, 0.25) is 23.6 Å². The number of benzene rings is 2. The van der Waals surface area contributed by atoms with Gasteiger partial charge in [-0.3, -0.25) is 9.59 Å². The quantitative estimate of drug-likeness (QED) is 0.266. The minimum Gasteiger partial charge on any atom is -0.493 e. The molecule has 0 aliphatic carbocycles. The summed E-state index contributed by atoms with van der Waals surface area (Å²) in [6.45, 7) is 6.27. The molecule has 0 radical (unpaired) electrons. The number of aryl methyl sites for hydroxylation is 2. The number of aromatic hydroxyl groups is 2. The van der Waals surface area contributed by atoms with Crippen LogP contribution in [-0.2, 0) is 9.59 Å². The van der Waals surface area contributed by atoms with Crippen LogP contribution in [0.25, 0.3) is 21.5 Å². The fourth-order valence-electron chi connectivity index (χ4n) is 4.16. The zero-order valence-corrected chi connectivity index (χ0v) is 24.0. The zero-order chi connectivity index (χ0) is 29.7. The van der Waals surface area contributed by atoms with Crippen LogP contribution in [0.3, 0.4) is 0 Å². The largest absolute Gasteiger partial charge is 0.493 e. The van der Waals surface area contributed by atoms with E-state index in [1.165, 1.54) is 28.1 Å². The number of hydrogen-bond donors (Lipinski definition) is 4. The van der Waals surface area contributed by atoms with Crippen LogP contribution in [0.5, 0.6) is 34.8 Å². The van der Waals surface area contributed by atoms with E-state index in [9.17, 15) is 19.8 Å². The number of anilines is 2. The Kier molecular flexibility index (Phi) is 10.5. The highest BCUT2D eigenvalue weighted by atomic mass is 16.5. The summed E-state index contributed by atoms with van der Waals surface area (Å²) in [6.07, 6.45) is 0. The number of fused-ring (bicyclic) bond motifs is 2. The van der Waals surface area contributed by atoms with E-state index in [1.807, 2.05) is 0 Å². The van der Waals surface area contributed by atoms with E-state index < -0.39 is 0 Å². The summed E-state index contributed by atoms with van der Waals surface area (Å²) in [4.78, 5) is 30.6. The van der Waals surface area contributed by atoms with Crippen LogP contribution in [0.15, 0.2) is 24.3 Å². The monoisotopic (exact) mass is 570 g/mol. The molecule has 2 heterocycles. The van der Waals surface area contributed by atoms with Gasteiger partial charge in [0, 0.05) is 46.8 Å². The molecule has 0 saturated heterocycles. The molecule has 2 amide bonds. The maximum absolute atomic E-state index is 11.3. The Balaban J connectivity index is 0.000000280. The smallest absolute Gasteiger partial charge is 0.236 e. The second-order valence-electron chi connectivity index (χ2n) is 8.66. The van der Waals surface area contributed by atoms with Crippen LogP contribution in [0.1, 0.15) is 25.2 Å². The normalized spacial score (nSPS) is 10.1. The first-order valence-electron chi connectivity index (χ1n) is 12.0. The molecule has 0 atom stereocenters. The minimum atomic E-state index is -0.290. The van der Waals surface area contributed by atoms with Gasteiger partial charge in [0.15, 0.2) is 23.0 Å². The molecule has 0 aliphatic rings. The number of rotatable bonds is 6. The molecule has 41 heavy (non-hydrogen) atoms. The highest BCUT2D eigenvalue weighted by Gasteiger charge is 2.17. The molecule has 220 valence electrons. The summed E-state index contributed by atoms with van der Waals surface area (Å²) >= 11 is 0. The summed E-state index contributed by atoms with van der Waals surface area (Å²) in [5, 5.41) is 27.8. The molecule has 0 spiro atoms. The van der Waals surface area contributed by atoms with Crippen LogP contribution in [0, 0.1) is 13.8 Å². The standard InChI is InChI=1S/2C14H16N2O4.H2O/c2*1-7-9-5-11(19-3)12(20-4)6-10(9)13(14(18)15-7)16-8(2)17;/h2*5-6H,1-4H3,(H,15,18)(H,16,17);1H2. The number of methoxy groups -OCH3 is 4. The molecule has 0 bridgehead atoms. The Morgan fingerprint density at radius 2 is 0.878 bits per heavy atom. The van der Waals surface area contributed by atoms with Gasteiger partial charge in [-0.05, 0) is 38.1 Å². The van der Waals surface area contributed by atoms with Crippen LogP contribution < -0.4 is 29.6 Å². The lowest BCUT2D eigenvalue weighted by atomic mass is 10.1. The summed E-state index contributed by atoms with van der Waals surface area (Å²) in [5.74, 6) is 1.11. The van der Waals surface area contributed by atoms with Crippen molar-refractivity contribution in [3.63, 3.8) is 0 Å². The van der Waals surface area contributed by atoms with E-state index in [0.717, 1.165) is 10.8 Å². The third kappa shape index (κ3) is 6.76. The third-order valence-electron chi connectivity index (χ3n) is 5.96.